The molecule has 0 saturated carbocycles. The molecule has 0 N–H and O–H groups in total. The summed E-state index contributed by atoms with van der Waals surface area (Å²) in [5.74, 6) is 0. The molecule has 0 aromatic rings. The van der Waals surface area contributed by atoms with Gasteiger partial charge in [0.15, 0.2) is 0 Å². The van der Waals surface area contributed by atoms with Crippen LogP contribution in [-0.2, 0) is 0 Å². The Bertz CT molecular complexity index is 57.1. The van der Waals surface area contributed by atoms with Crippen molar-refractivity contribution >= 4 is 0 Å². The van der Waals surface area contributed by atoms with Crippen LogP contribution in [0.1, 0.15) is 0 Å². The van der Waals surface area contributed by atoms with E-state index in [9.17, 15) is 4.39 Å². The molecule has 1 fully saturated rings. The van der Waals surface area contributed by atoms with Crippen molar-refractivity contribution in [3.05, 3.63) is 6.42 Å². The molecule has 0 aliphatic carbocycles. The van der Waals surface area contributed by atoms with E-state index in [1.807, 2.05) is 11.9 Å². The highest BCUT2D eigenvalue weighted by Crippen LogP contribution is 2.07. The van der Waals surface area contributed by atoms with Gasteiger partial charge in [0.25, 0.3) is 0 Å². The maximum atomic E-state index is 12.1. The number of rotatable bonds is 0. The molecule has 41 valence electrons. The first-order chi connectivity index (χ1) is 3.29. The lowest BCUT2D eigenvalue weighted by molar-refractivity contribution is 0.331. The van der Waals surface area contributed by atoms with Crippen LogP contribution in [0.3, 0.4) is 0 Å². The van der Waals surface area contributed by atoms with Gasteiger partial charge in [-0.05, 0) is 7.05 Å². The Kier molecular flexibility index (Phi) is 1.28. The Balaban J connectivity index is 2.26. The molecule has 1 atom stereocenters. The van der Waals surface area contributed by atoms with Gasteiger partial charge in [0, 0.05) is 19.5 Å². The SMILES string of the molecule is CN1C[CH][C@H](F)C1. The topological polar surface area (TPSA) is 3.24 Å². The summed E-state index contributed by atoms with van der Waals surface area (Å²) in [6, 6.07) is 0. The highest BCUT2D eigenvalue weighted by Gasteiger charge is 2.17. The third-order valence-electron chi connectivity index (χ3n) is 1.16. The molecule has 2 heteroatoms. The van der Waals surface area contributed by atoms with Gasteiger partial charge in [-0.3, -0.25) is 0 Å². The summed E-state index contributed by atoms with van der Waals surface area (Å²) in [5.41, 5.74) is 0. The third kappa shape index (κ3) is 1.13. The second-order valence-electron chi connectivity index (χ2n) is 1.97. The van der Waals surface area contributed by atoms with E-state index in [0.717, 1.165) is 6.54 Å². The van der Waals surface area contributed by atoms with Gasteiger partial charge in [-0.25, -0.2) is 4.39 Å². The van der Waals surface area contributed by atoms with Crippen molar-refractivity contribution in [3.8, 4) is 0 Å². The second-order valence-corrected chi connectivity index (χ2v) is 1.97. The molecule has 0 bridgehead atoms. The van der Waals surface area contributed by atoms with Gasteiger partial charge in [-0.1, -0.05) is 0 Å². The summed E-state index contributed by atoms with van der Waals surface area (Å²) in [6.45, 7) is 1.39. The summed E-state index contributed by atoms with van der Waals surface area (Å²) >= 11 is 0. The maximum absolute atomic E-state index is 12.1. The Hall–Kier alpha value is -0.110. The van der Waals surface area contributed by atoms with Crippen LogP contribution < -0.4 is 0 Å². The van der Waals surface area contributed by atoms with Gasteiger partial charge in [-0.2, -0.15) is 0 Å². The predicted octanol–water partition coefficient (Wildman–Crippen LogP) is 0.474. The van der Waals surface area contributed by atoms with Crippen molar-refractivity contribution in [2.45, 2.75) is 6.17 Å². The van der Waals surface area contributed by atoms with E-state index in [1.165, 1.54) is 0 Å². The molecule has 1 radical (unpaired) electrons. The fourth-order valence-electron chi connectivity index (χ4n) is 0.741. The second kappa shape index (κ2) is 1.78. The summed E-state index contributed by atoms with van der Waals surface area (Å²) < 4.78 is 12.1. The van der Waals surface area contributed by atoms with E-state index in [0.29, 0.717) is 6.54 Å². The van der Waals surface area contributed by atoms with Crippen molar-refractivity contribution in [1.82, 2.24) is 4.90 Å². The molecular weight excluding hydrogens is 93.1 g/mol. The highest BCUT2D eigenvalue weighted by atomic mass is 19.1. The van der Waals surface area contributed by atoms with Gasteiger partial charge in [0.2, 0.25) is 0 Å². The molecule has 1 heterocycles. The van der Waals surface area contributed by atoms with Crippen LogP contribution in [0.25, 0.3) is 0 Å². The van der Waals surface area contributed by atoms with E-state index < -0.39 is 6.17 Å². The van der Waals surface area contributed by atoms with Gasteiger partial charge in [-0.15, -0.1) is 0 Å². The van der Waals surface area contributed by atoms with E-state index in [2.05, 4.69) is 0 Å². The molecular formula is C5H9FN. The minimum absolute atomic E-state index is 0.583. The molecule has 7 heavy (non-hydrogen) atoms. The van der Waals surface area contributed by atoms with Crippen molar-refractivity contribution in [2.75, 3.05) is 20.1 Å². The number of hydrogen-bond acceptors (Lipinski definition) is 1. The zero-order valence-corrected chi connectivity index (χ0v) is 4.39. The molecule has 0 amide bonds. The van der Waals surface area contributed by atoms with Crippen LogP contribution in [0.5, 0.6) is 0 Å². The zero-order valence-electron chi connectivity index (χ0n) is 4.39. The summed E-state index contributed by atoms with van der Waals surface area (Å²) in [7, 11) is 1.91. The van der Waals surface area contributed by atoms with Crippen molar-refractivity contribution in [1.29, 1.82) is 0 Å². The highest BCUT2D eigenvalue weighted by molar-refractivity contribution is 4.88. The van der Waals surface area contributed by atoms with E-state index >= 15 is 0 Å². The monoisotopic (exact) mass is 102 g/mol. The summed E-state index contributed by atoms with van der Waals surface area (Å²) in [5, 5.41) is 0. The Morgan fingerprint density at radius 2 is 2.57 bits per heavy atom. The molecule has 1 aliphatic rings. The van der Waals surface area contributed by atoms with Crippen LogP contribution in [0.2, 0.25) is 0 Å². The van der Waals surface area contributed by atoms with Crippen LogP contribution in [-0.4, -0.2) is 31.2 Å². The Morgan fingerprint density at radius 1 is 1.86 bits per heavy atom. The quantitative estimate of drug-likeness (QED) is 0.430. The number of alkyl halides is 1. The van der Waals surface area contributed by atoms with Crippen LogP contribution in [0, 0.1) is 6.42 Å². The standard InChI is InChI=1S/C5H9FN/c1-7-3-2-5(6)4-7/h2,5H,3-4H2,1H3/t5-/m0/s1. The normalized spacial score (nSPS) is 34.3. The van der Waals surface area contributed by atoms with Crippen molar-refractivity contribution in [2.24, 2.45) is 0 Å². The van der Waals surface area contributed by atoms with Gasteiger partial charge in [0.05, 0.1) is 0 Å². The summed E-state index contributed by atoms with van der Waals surface area (Å²) in [4.78, 5) is 1.95. The smallest absolute Gasteiger partial charge is 0.117 e. The van der Waals surface area contributed by atoms with Crippen molar-refractivity contribution in [3.63, 3.8) is 0 Å². The molecule has 0 aromatic carbocycles. The summed E-state index contributed by atoms with van der Waals surface area (Å²) in [6.07, 6.45) is 1.00. The molecule has 0 spiro atoms. The Morgan fingerprint density at radius 3 is 2.71 bits per heavy atom. The zero-order chi connectivity index (χ0) is 5.28. The molecule has 1 rings (SSSR count). The first-order valence-corrected chi connectivity index (χ1v) is 2.45. The molecule has 1 nitrogen and oxygen atoms in total. The fourth-order valence-corrected chi connectivity index (χ4v) is 0.741. The van der Waals surface area contributed by atoms with Crippen molar-refractivity contribution < 1.29 is 4.39 Å². The van der Waals surface area contributed by atoms with Gasteiger partial charge >= 0.3 is 0 Å². The Labute approximate surface area is 43.1 Å². The van der Waals surface area contributed by atoms with Crippen LogP contribution in [0.4, 0.5) is 4.39 Å². The van der Waals surface area contributed by atoms with Gasteiger partial charge in [0.1, 0.15) is 6.17 Å². The minimum atomic E-state index is -0.676. The lowest BCUT2D eigenvalue weighted by Crippen LogP contribution is -2.13. The minimum Gasteiger partial charge on any atom is -0.303 e. The molecule has 0 unspecified atom stereocenters. The maximum Gasteiger partial charge on any atom is 0.117 e. The predicted molar refractivity (Wildman–Crippen MR) is 26.7 cm³/mol. The van der Waals surface area contributed by atoms with E-state index in [1.54, 1.807) is 6.42 Å². The first kappa shape index (κ1) is 5.04. The number of nitrogens with zero attached hydrogens (tertiary/aromatic N) is 1. The van der Waals surface area contributed by atoms with Crippen LogP contribution in [0.15, 0.2) is 0 Å². The largest absolute Gasteiger partial charge is 0.303 e. The van der Waals surface area contributed by atoms with Gasteiger partial charge < -0.3 is 4.90 Å². The number of halogens is 1. The molecule has 1 aliphatic heterocycles. The number of hydrogen-bond donors (Lipinski definition) is 0. The lowest BCUT2D eigenvalue weighted by Gasteiger charge is -2.01. The lowest BCUT2D eigenvalue weighted by atomic mass is 10.4. The van der Waals surface area contributed by atoms with E-state index in [-0.39, 0.29) is 0 Å². The average molecular weight is 102 g/mol. The fraction of sp³-hybridized carbons (Fsp3) is 0.800. The van der Waals surface area contributed by atoms with E-state index in [4.69, 9.17) is 0 Å². The molecule has 1 saturated heterocycles. The number of likely N-dealkylation sites (tertiary alicyclic amines) is 1. The average Bonchev–Trinajstić information content (AvgIpc) is 1.87. The first-order valence-electron chi connectivity index (χ1n) is 2.45. The third-order valence-corrected chi connectivity index (χ3v) is 1.16. The molecule has 0 aromatic heterocycles. The van der Waals surface area contributed by atoms with Crippen LogP contribution >= 0.6 is 0 Å².